The van der Waals surface area contributed by atoms with Crippen LogP contribution in [0.3, 0.4) is 0 Å². The Balaban J connectivity index is 2.07. The average molecular weight is 405 g/mol. The van der Waals surface area contributed by atoms with E-state index in [0.717, 1.165) is 5.56 Å². The van der Waals surface area contributed by atoms with Crippen molar-refractivity contribution in [3.8, 4) is 5.75 Å². The molecule has 0 spiro atoms. The minimum atomic E-state index is -3.65. The Morgan fingerprint density at radius 3 is 2.56 bits per heavy atom. The highest BCUT2D eigenvalue weighted by Crippen LogP contribution is 2.61. The molecule has 0 radical (unpaired) electrons. The summed E-state index contributed by atoms with van der Waals surface area (Å²) in [4.78, 5) is 12.7. The fourth-order valence-corrected chi connectivity index (χ4v) is 4.48. The highest BCUT2D eigenvalue weighted by molar-refractivity contribution is 7.54. The van der Waals surface area contributed by atoms with Crippen LogP contribution in [0.4, 0.5) is 0 Å². The lowest BCUT2D eigenvalue weighted by atomic mass is 10.2. The van der Waals surface area contributed by atoms with Gasteiger partial charge in [-0.3, -0.25) is 4.57 Å². The van der Waals surface area contributed by atoms with Gasteiger partial charge < -0.3 is 18.5 Å². The number of thiophene rings is 1. The van der Waals surface area contributed by atoms with Gasteiger partial charge in [0.2, 0.25) is 5.85 Å². The van der Waals surface area contributed by atoms with Gasteiger partial charge in [-0.25, -0.2) is 4.79 Å². The summed E-state index contributed by atoms with van der Waals surface area (Å²) in [5, 5.41) is 2.38. The van der Waals surface area contributed by atoms with Gasteiger partial charge in [-0.2, -0.15) is 0 Å². The standard InChI is InChI=1S/C16H18ClO6PS/c1-11-9-12(6-7-13(11)17)22-10-15(18)23-16(14-5-4-8-25-14)24(19,20-2)21-3/h4-9,16H,10H2,1-3H3. The van der Waals surface area contributed by atoms with Crippen molar-refractivity contribution < 1.29 is 27.9 Å². The third-order valence-electron chi connectivity index (χ3n) is 3.31. The average Bonchev–Trinajstić information content (AvgIpc) is 3.14. The topological polar surface area (TPSA) is 71.1 Å². The minimum Gasteiger partial charge on any atom is -0.482 e. The van der Waals surface area contributed by atoms with Gasteiger partial charge in [0.15, 0.2) is 6.61 Å². The predicted molar refractivity (Wildman–Crippen MR) is 96.5 cm³/mol. The maximum absolute atomic E-state index is 12.7. The van der Waals surface area contributed by atoms with Crippen molar-refractivity contribution in [1.29, 1.82) is 0 Å². The van der Waals surface area contributed by atoms with Crippen molar-refractivity contribution in [3.05, 3.63) is 51.2 Å². The van der Waals surface area contributed by atoms with Crippen LogP contribution in [-0.2, 0) is 23.1 Å². The molecule has 0 fully saturated rings. The number of aryl methyl sites for hydroxylation is 1. The van der Waals surface area contributed by atoms with Crippen LogP contribution in [-0.4, -0.2) is 26.8 Å². The number of benzene rings is 1. The summed E-state index contributed by atoms with van der Waals surface area (Å²) in [5.41, 5.74) is 0.826. The third kappa shape index (κ3) is 5.06. The maximum Gasteiger partial charge on any atom is 0.375 e. The van der Waals surface area contributed by atoms with Gasteiger partial charge in [0.1, 0.15) is 5.75 Å². The van der Waals surface area contributed by atoms with E-state index in [2.05, 4.69) is 0 Å². The van der Waals surface area contributed by atoms with Crippen molar-refractivity contribution in [2.75, 3.05) is 20.8 Å². The number of hydrogen-bond donors (Lipinski definition) is 0. The molecule has 0 aliphatic carbocycles. The number of ether oxygens (including phenoxy) is 2. The molecular formula is C16H18ClO6PS. The van der Waals surface area contributed by atoms with Crippen molar-refractivity contribution >= 4 is 36.5 Å². The molecule has 0 aliphatic heterocycles. The number of carbonyl (C=O) groups is 1. The Morgan fingerprint density at radius 2 is 2.00 bits per heavy atom. The first kappa shape index (κ1) is 19.9. The molecule has 2 aromatic rings. The van der Waals surface area contributed by atoms with E-state index in [0.29, 0.717) is 15.6 Å². The second kappa shape index (κ2) is 8.83. The van der Waals surface area contributed by atoms with Crippen LogP contribution in [0.15, 0.2) is 35.7 Å². The fourth-order valence-electron chi connectivity index (χ4n) is 1.98. The molecular weight excluding hydrogens is 387 g/mol. The smallest absolute Gasteiger partial charge is 0.375 e. The van der Waals surface area contributed by atoms with Crippen LogP contribution in [0, 0.1) is 6.92 Å². The molecule has 0 aliphatic rings. The maximum atomic E-state index is 12.7. The molecule has 0 bridgehead atoms. The molecule has 0 saturated carbocycles. The second-order valence-corrected chi connectivity index (χ2v) is 8.63. The minimum absolute atomic E-state index is 0.351. The molecule has 136 valence electrons. The van der Waals surface area contributed by atoms with Crippen LogP contribution in [0.1, 0.15) is 16.3 Å². The van der Waals surface area contributed by atoms with E-state index in [1.54, 1.807) is 35.7 Å². The van der Waals surface area contributed by atoms with Crippen molar-refractivity contribution in [1.82, 2.24) is 0 Å². The largest absolute Gasteiger partial charge is 0.482 e. The Bertz CT molecular complexity index is 756. The van der Waals surface area contributed by atoms with Crippen LogP contribution in [0.5, 0.6) is 5.75 Å². The van der Waals surface area contributed by atoms with Gasteiger partial charge in [0, 0.05) is 19.2 Å². The molecule has 25 heavy (non-hydrogen) atoms. The Kier molecular flexibility index (Phi) is 7.04. The van der Waals surface area contributed by atoms with Gasteiger partial charge in [0.25, 0.3) is 0 Å². The highest BCUT2D eigenvalue weighted by Gasteiger charge is 2.39. The van der Waals surface area contributed by atoms with Gasteiger partial charge in [-0.1, -0.05) is 17.7 Å². The lowest BCUT2D eigenvalue weighted by Gasteiger charge is -2.23. The van der Waals surface area contributed by atoms with Crippen molar-refractivity contribution in [2.24, 2.45) is 0 Å². The van der Waals surface area contributed by atoms with Crippen molar-refractivity contribution in [2.45, 2.75) is 12.8 Å². The molecule has 9 heteroatoms. The summed E-state index contributed by atoms with van der Waals surface area (Å²) in [6.45, 7) is 1.48. The summed E-state index contributed by atoms with van der Waals surface area (Å²) >= 11 is 7.23. The molecule has 1 aromatic heterocycles. The summed E-state index contributed by atoms with van der Waals surface area (Å²) < 4.78 is 33.3. The van der Waals surface area contributed by atoms with Crippen LogP contribution in [0.25, 0.3) is 0 Å². The molecule has 1 aromatic carbocycles. The van der Waals surface area contributed by atoms with E-state index in [9.17, 15) is 9.36 Å². The Morgan fingerprint density at radius 1 is 1.28 bits per heavy atom. The Hall–Kier alpha value is -1.37. The second-order valence-electron chi connectivity index (χ2n) is 4.96. The zero-order chi connectivity index (χ0) is 18.4. The van der Waals surface area contributed by atoms with Crippen LogP contribution >= 0.6 is 30.5 Å². The van der Waals surface area contributed by atoms with Gasteiger partial charge >= 0.3 is 13.6 Å². The molecule has 6 nitrogen and oxygen atoms in total. The number of esters is 1. The van der Waals surface area contributed by atoms with E-state index >= 15 is 0 Å². The highest BCUT2D eigenvalue weighted by atomic mass is 35.5. The number of carbonyl (C=O) groups excluding carboxylic acids is 1. The summed E-state index contributed by atoms with van der Waals surface area (Å²) in [5.74, 6) is -1.36. The molecule has 0 N–H and O–H groups in total. The molecule has 2 rings (SSSR count). The number of hydrogen-bond acceptors (Lipinski definition) is 7. The predicted octanol–water partition coefficient (Wildman–Crippen LogP) is 4.82. The van der Waals surface area contributed by atoms with E-state index in [-0.39, 0.29) is 6.61 Å². The fraction of sp³-hybridized carbons (Fsp3) is 0.312. The summed E-state index contributed by atoms with van der Waals surface area (Å²) in [7, 11) is -1.17. The first-order valence-electron chi connectivity index (χ1n) is 7.22. The van der Waals surface area contributed by atoms with E-state index in [1.807, 2.05) is 6.92 Å². The van der Waals surface area contributed by atoms with E-state index < -0.39 is 19.4 Å². The number of halogens is 1. The lowest BCUT2D eigenvalue weighted by Crippen LogP contribution is -2.19. The van der Waals surface area contributed by atoms with Gasteiger partial charge in [0.05, 0.1) is 4.88 Å². The molecule has 1 unspecified atom stereocenters. The first-order valence-corrected chi connectivity index (χ1v) is 10.1. The van der Waals surface area contributed by atoms with Gasteiger partial charge in [-0.05, 0) is 42.1 Å². The van der Waals surface area contributed by atoms with Crippen LogP contribution in [0.2, 0.25) is 5.02 Å². The lowest BCUT2D eigenvalue weighted by molar-refractivity contribution is -0.148. The van der Waals surface area contributed by atoms with E-state index in [4.69, 9.17) is 30.1 Å². The molecule has 1 atom stereocenters. The first-order chi connectivity index (χ1) is 11.9. The monoisotopic (exact) mass is 404 g/mol. The molecule has 0 saturated heterocycles. The third-order valence-corrected chi connectivity index (χ3v) is 6.80. The van der Waals surface area contributed by atoms with Crippen LogP contribution < -0.4 is 4.74 Å². The van der Waals surface area contributed by atoms with Crippen molar-refractivity contribution in [3.63, 3.8) is 0 Å². The number of rotatable bonds is 8. The normalized spacial score (nSPS) is 12.6. The summed E-state index contributed by atoms with van der Waals surface area (Å²) in [6.07, 6.45) is 0. The molecule has 1 heterocycles. The van der Waals surface area contributed by atoms with E-state index in [1.165, 1.54) is 25.6 Å². The van der Waals surface area contributed by atoms with Gasteiger partial charge in [-0.15, -0.1) is 11.3 Å². The zero-order valence-electron chi connectivity index (χ0n) is 13.9. The SMILES string of the molecule is COP(=O)(OC)C(OC(=O)COc1ccc(Cl)c(C)c1)c1cccs1. The molecule has 0 amide bonds. The quantitative estimate of drug-likeness (QED) is 0.464. The Labute approximate surface area is 155 Å². The summed E-state index contributed by atoms with van der Waals surface area (Å²) in [6, 6.07) is 8.48. The zero-order valence-corrected chi connectivity index (χ0v) is 16.4.